The standard InChI is InChI=1S/C24H25F6N5O2/c1-5-7-8-19(37-4)18(11-15(6-2)14(3)31)35-21(24(28,29)30)17(13-33-35)22(36)34-16-9-10-32-20(12-16)23(25,26)27/h5,7-13,19H,1,6,31H2,2-4H3,(H,32,34,36)/b8-7-,15-14+,18-11+. The largest absolute Gasteiger partial charge is 0.434 e. The highest BCUT2D eigenvalue weighted by Crippen LogP contribution is 2.36. The number of rotatable bonds is 9. The number of carbonyl (C=O) groups excluding carboxylic acids is 1. The molecule has 0 bridgehead atoms. The number of ether oxygens (including phenoxy) is 1. The molecule has 0 aromatic carbocycles. The van der Waals surface area contributed by atoms with Crippen LogP contribution in [0.15, 0.2) is 66.7 Å². The number of methoxy groups -OCH3 is 1. The minimum atomic E-state index is -5.09. The highest BCUT2D eigenvalue weighted by Gasteiger charge is 2.42. The van der Waals surface area contributed by atoms with Crippen molar-refractivity contribution < 1.29 is 35.9 Å². The molecular formula is C24H25F6N5O2. The van der Waals surface area contributed by atoms with Gasteiger partial charge >= 0.3 is 12.4 Å². The van der Waals surface area contributed by atoms with Gasteiger partial charge in [0, 0.05) is 24.7 Å². The van der Waals surface area contributed by atoms with Crippen LogP contribution < -0.4 is 11.1 Å². The molecule has 13 heteroatoms. The van der Waals surface area contributed by atoms with Gasteiger partial charge in [0.05, 0.1) is 17.5 Å². The van der Waals surface area contributed by atoms with E-state index in [4.69, 9.17) is 10.5 Å². The normalized spacial score (nSPS) is 14.5. The SMILES string of the molecule is C=C/C=C\C(OC)/C(=C\C(CC)=C(/C)N)n1ncc(C(=O)Nc2ccnc(C(F)(F)F)c2)c1C(F)(F)F. The number of aromatic nitrogens is 3. The van der Waals surface area contributed by atoms with Gasteiger partial charge < -0.3 is 15.8 Å². The van der Waals surface area contributed by atoms with Gasteiger partial charge in [0.25, 0.3) is 5.91 Å². The average Bonchev–Trinajstić information content (AvgIpc) is 3.26. The lowest BCUT2D eigenvalue weighted by atomic mass is 10.1. The van der Waals surface area contributed by atoms with Crippen LogP contribution in [0.4, 0.5) is 32.0 Å². The van der Waals surface area contributed by atoms with Gasteiger partial charge in [-0.25, -0.2) is 4.68 Å². The quantitative estimate of drug-likeness (QED) is 0.316. The van der Waals surface area contributed by atoms with E-state index in [0.717, 1.165) is 12.3 Å². The second kappa shape index (κ2) is 11.9. The number of pyridine rings is 1. The van der Waals surface area contributed by atoms with Crippen molar-refractivity contribution in [1.29, 1.82) is 0 Å². The lowest BCUT2D eigenvalue weighted by molar-refractivity contribution is -0.143. The lowest BCUT2D eigenvalue weighted by Crippen LogP contribution is -2.25. The fourth-order valence-corrected chi connectivity index (χ4v) is 3.26. The van der Waals surface area contributed by atoms with Gasteiger partial charge in [-0.15, -0.1) is 0 Å². The maximum atomic E-state index is 14.3. The number of nitrogens with two attached hydrogens (primary N) is 1. The Hall–Kier alpha value is -3.87. The molecular weight excluding hydrogens is 504 g/mol. The summed E-state index contributed by atoms with van der Waals surface area (Å²) >= 11 is 0. The first-order valence-corrected chi connectivity index (χ1v) is 10.7. The third-order valence-corrected chi connectivity index (χ3v) is 5.01. The third-order valence-electron chi connectivity index (χ3n) is 5.01. The Morgan fingerprint density at radius 1 is 1.27 bits per heavy atom. The molecule has 1 atom stereocenters. The number of hydrogen-bond donors (Lipinski definition) is 2. The lowest BCUT2D eigenvalue weighted by Gasteiger charge is -2.21. The van der Waals surface area contributed by atoms with E-state index in [0.29, 0.717) is 34.6 Å². The minimum absolute atomic E-state index is 0.114. The molecule has 2 heterocycles. The van der Waals surface area contributed by atoms with E-state index in [1.54, 1.807) is 13.8 Å². The van der Waals surface area contributed by atoms with Crippen LogP contribution in [-0.2, 0) is 17.1 Å². The Labute approximate surface area is 209 Å². The first-order chi connectivity index (χ1) is 17.2. The molecule has 1 amide bonds. The van der Waals surface area contributed by atoms with Crippen LogP contribution >= 0.6 is 0 Å². The van der Waals surface area contributed by atoms with Crippen LogP contribution in [-0.4, -0.2) is 33.9 Å². The molecule has 0 fully saturated rings. The van der Waals surface area contributed by atoms with E-state index >= 15 is 0 Å². The van der Waals surface area contributed by atoms with Crippen molar-refractivity contribution in [2.75, 3.05) is 12.4 Å². The van der Waals surface area contributed by atoms with Crippen molar-refractivity contribution in [3.8, 4) is 0 Å². The molecule has 0 saturated carbocycles. The van der Waals surface area contributed by atoms with E-state index in [2.05, 4.69) is 16.7 Å². The molecule has 2 aromatic rings. The number of halogens is 6. The van der Waals surface area contributed by atoms with Crippen molar-refractivity contribution >= 4 is 17.3 Å². The maximum absolute atomic E-state index is 14.3. The van der Waals surface area contributed by atoms with Gasteiger partial charge in [-0.1, -0.05) is 25.7 Å². The van der Waals surface area contributed by atoms with Crippen LogP contribution in [0.2, 0.25) is 0 Å². The van der Waals surface area contributed by atoms with Crippen molar-refractivity contribution in [2.45, 2.75) is 38.7 Å². The van der Waals surface area contributed by atoms with Crippen LogP contribution in [0.3, 0.4) is 0 Å². The summed E-state index contributed by atoms with van der Waals surface area (Å²) in [6, 6.07) is 1.52. The molecule has 0 radical (unpaired) electrons. The van der Waals surface area contributed by atoms with Crippen LogP contribution in [0, 0.1) is 0 Å². The second-order valence-corrected chi connectivity index (χ2v) is 7.61. The fraction of sp³-hybridized carbons (Fsp3) is 0.292. The number of amides is 1. The van der Waals surface area contributed by atoms with Crippen LogP contribution in [0.1, 0.15) is 42.0 Å². The second-order valence-electron chi connectivity index (χ2n) is 7.61. The zero-order valence-corrected chi connectivity index (χ0v) is 20.1. The molecule has 7 nitrogen and oxygen atoms in total. The Kier molecular flexibility index (Phi) is 9.45. The summed E-state index contributed by atoms with van der Waals surface area (Å²) in [5.74, 6) is -1.32. The summed E-state index contributed by atoms with van der Waals surface area (Å²) in [6.07, 6.45) is -3.51. The van der Waals surface area contributed by atoms with E-state index in [1.807, 2.05) is 5.32 Å². The van der Waals surface area contributed by atoms with Gasteiger partial charge in [-0.3, -0.25) is 9.78 Å². The van der Waals surface area contributed by atoms with E-state index in [9.17, 15) is 31.1 Å². The molecule has 0 aliphatic heterocycles. The van der Waals surface area contributed by atoms with Crippen molar-refractivity contribution in [1.82, 2.24) is 14.8 Å². The van der Waals surface area contributed by atoms with Gasteiger partial charge in [0.1, 0.15) is 11.8 Å². The molecule has 0 saturated heterocycles. The molecule has 0 aliphatic carbocycles. The van der Waals surface area contributed by atoms with Gasteiger partial charge in [-0.05, 0) is 43.2 Å². The predicted molar refractivity (Wildman–Crippen MR) is 126 cm³/mol. The summed E-state index contributed by atoms with van der Waals surface area (Å²) in [6.45, 7) is 6.85. The molecule has 2 rings (SSSR count). The number of anilines is 1. The summed E-state index contributed by atoms with van der Waals surface area (Å²) in [4.78, 5) is 16.0. The van der Waals surface area contributed by atoms with Crippen molar-refractivity contribution in [2.24, 2.45) is 5.73 Å². The smallest absolute Gasteiger partial charge is 0.402 e. The highest BCUT2D eigenvalue weighted by molar-refractivity contribution is 6.05. The summed E-state index contributed by atoms with van der Waals surface area (Å²) < 4.78 is 87.6. The predicted octanol–water partition coefficient (Wildman–Crippen LogP) is 5.81. The number of hydrogen-bond acceptors (Lipinski definition) is 5. The molecule has 1 unspecified atom stereocenters. The molecule has 0 aliphatic rings. The average molecular weight is 529 g/mol. The van der Waals surface area contributed by atoms with Gasteiger partial charge in [0.15, 0.2) is 5.69 Å². The summed E-state index contributed by atoms with van der Waals surface area (Å²) in [5, 5.41) is 5.84. The number of nitrogens with one attached hydrogen (secondary N) is 1. The maximum Gasteiger partial charge on any atom is 0.434 e. The zero-order valence-electron chi connectivity index (χ0n) is 20.1. The van der Waals surface area contributed by atoms with Gasteiger partial charge in [-0.2, -0.15) is 31.4 Å². The summed E-state index contributed by atoms with van der Waals surface area (Å²) in [5.41, 5.74) is 2.51. The first kappa shape index (κ1) is 29.4. The molecule has 200 valence electrons. The van der Waals surface area contributed by atoms with Crippen molar-refractivity contribution in [3.05, 3.63) is 83.6 Å². The topological polar surface area (TPSA) is 95.1 Å². The number of nitrogens with zero attached hydrogens (tertiary/aromatic N) is 3. The Morgan fingerprint density at radius 3 is 2.46 bits per heavy atom. The summed E-state index contributed by atoms with van der Waals surface area (Å²) in [7, 11) is 1.27. The molecule has 2 aromatic heterocycles. The molecule has 3 N–H and O–H groups in total. The number of allylic oxidation sites excluding steroid dienone is 5. The van der Waals surface area contributed by atoms with Gasteiger partial charge in [0.2, 0.25) is 0 Å². The van der Waals surface area contributed by atoms with Crippen LogP contribution in [0.25, 0.3) is 5.70 Å². The monoisotopic (exact) mass is 529 g/mol. The van der Waals surface area contributed by atoms with E-state index < -0.39 is 47.0 Å². The van der Waals surface area contributed by atoms with Crippen molar-refractivity contribution in [3.63, 3.8) is 0 Å². The zero-order chi connectivity index (χ0) is 28.0. The highest BCUT2D eigenvalue weighted by atomic mass is 19.4. The molecule has 0 spiro atoms. The minimum Gasteiger partial charge on any atom is -0.402 e. The number of alkyl halides is 6. The third kappa shape index (κ3) is 7.32. The Balaban J connectivity index is 2.70. The Bertz CT molecular complexity index is 1220. The van der Waals surface area contributed by atoms with Crippen LogP contribution in [0.5, 0.6) is 0 Å². The fourth-order valence-electron chi connectivity index (χ4n) is 3.26. The van der Waals surface area contributed by atoms with E-state index in [1.165, 1.54) is 31.4 Å². The van der Waals surface area contributed by atoms with E-state index in [-0.39, 0.29) is 5.70 Å². The molecule has 37 heavy (non-hydrogen) atoms. The number of carbonyl (C=O) groups is 1. The Morgan fingerprint density at radius 2 is 1.95 bits per heavy atom. The first-order valence-electron chi connectivity index (χ1n) is 10.7.